The van der Waals surface area contributed by atoms with Crippen molar-refractivity contribution < 1.29 is 9.15 Å². The molecule has 262 valence electrons. The van der Waals surface area contributed by atoms with Crippen LogP contribution in [0.3, 0.4) is 0 Å². The quantitative estimate of drug-likeness (QED) is 0.181. The van der Waals surface area contributed by atoms with Gasteiger partial charge in [-0.3, -0.25) is 0 Å². The number of rotatable bonds is 4. The molecule has 0 N–H and O–H groups in total. The maximum absolute atomic E-state index is 6.71. The highest BCUT2D eigenvalue weighted by molar-refractivity contribution is 6.13. The molecule has 3 heteroatoms. The Hall–Kier alpha value is -7.36. The van der Waals surface area contributed by atoms with Crippen LogP contribution in [0.2, 0.25) is 0 Å². The van der Waals surface area contributed by atoms with Gasteiger partial charge in [0.1, 0.15) is 22.7 Å². The molecule has 56 heavy (non-hydrogen) atoms. The van der Waals surface area contributed by atoms with Crippen LogP contribution in [0.15, 0.2) is 205 Å². The third-order valence-corrected chi connectivity index (χ3v) is 11.9. The number of para-hydroxylation sites is 3. The SMILES string of the molecule is c1ccc(-c2ccc(N(c3ccc4c(c3)C3(c5ccccc5Oc5ccccc53)c3cc5ccccc5cc3-4)c3cccc4oc5ccccc5c34)cc2)cc1. The predicted octanol–water partition coefficient (Wildman–Crippen LogP) is 14.3. The Morgan fingerprint density at radius 3 is 1.79 bits per heavy atom. The van der Waals surface area contributed by atoms with Gasteiger partial charge >= 0.3 is 0 Å². The summed E-state index contributed by atoms with van der Waals surface area (Å²) in [6.07, 6.45) is 0. The minimum atomic E-state index is -0.618. The van der Waals surface area contributed by atoms with Gasteiger partial charge in [-0.05, 0) is 111 Å². The Bertz CT molecular complexity index is 3130. The van der Waals surface area contributed by atoms with E-state index < -0.39 is 5.41 Å². The molecule has 0 saturated carbocycles. The lowest BCUT2D eigenvalue weighted by molar-refractivity contribution is 0.436. The third kappa shape index (κ3) is 4.34. The number of hydrogen-bond donors (Lipinski definition) is 0. The molecule has 0 saturated heterocycles. The van der Waals surface area contributed by atoms with Gasteiger partial charge in [0.2, 0.25) is 0 Å². The maximum Gasteiger partial charge on any atom is 0.137 e. The number of benzene rings is 9. The smallest absolute Gasteiger partial charge is 0.137 e. The van der Waals surface area contributed by atoms with Gasteiger partial charge in [-0.1, -0.05) is 133 Å². The number of furan rings is 1. The minimum Gasteiger partial charge on any atom is -0.457 e. The molecule has 2 aliphatic rings. The van der Waals surface area contributed by atoms with E-state index in [4.69, 9.17) is 9.15 Å². The summed E-state index contributed by atoms with van der Waals surface area (Å²) in [6.45, 7) is 0. The van der Waals surface area contributed by atoms with Crippen molar-refractivity contribution >= 4 is 49.8 Å². The first kappa shape index (κ1) is 31.0. The van der Waals surface area contributed by atoms with Crippen LogP contribution in [-0.4, -0.2) is 0 Å². The van der Waals surface area contributed by atoms with E-state index >= 15 is 0 Å². The van der Waals surface area contributed by atoms with Gasteiger partial charge < -0.3 is 14.1 Å². The van der Waals surface area contributed by atoms with Crippen molar-refractivity contribution in [2.45, 2.75) is 5.41 Å². The van der Waals surface area contributed by atoms with E-state index in [2.05, 4.69) is 199 Å². The van der Waals surface area contributed by atoms with Crippen molar-refractivity contribution in [3.05, 3.63) is 222 Å². The van der Waals surface area contributed by atoms with Crippen LogP contribution < -0.4 is 9.64 Å². The molecule has 12 rings (SSSR count). The summed E-state index contributed by atoms with van der Waals surface area (Å²) in [7, 11) is 0. The lowest BCUT2D eigenvalue weighted by Gasteiger charge is -2.39. The Morgan fingerprint density at radius 1 is 0.393 bits per heavy atom. The minimum absolute atomic E-state index is 0.618. The highest BCUT2D eigenvalue weighted by Crippen LogP contribution is 2.63. The van der Waals surface area contributed by atoms with Gasteiger partial charge in [-0.25, -0.2) is 0 Å². The molecule has 0 unspecified atom stereocenters. The predicted molar refractivity (Wildman–Crippen MR) is 229 cm³/mol. The highest BCUT2D eigenvalue weighted by atomic mass is 16.5. The summed E-state index contributed by atoms with van der Waals surface area (Å²) in [5, 5.41) is 4.62. The van der Waals surface area contributed by atoms with Crippen molar-refractivity contribution in [2.75, 3.05) is 4.90 Å². The number of nitrogens with zero attached hydrogens (tertiary/aromatic N) is 1. The second kappa shape index (κ2) is 11.8. The Kier molecular flexibility index (Phi) is 6.55. The molecule has 10 aromatic rings. The molecule has 1 spiro atoms. The Morgan fingerprint density at radius 2 is 1.00 bits per heavy atom. The van der Waals surface area contributed by atoms with Crippen LogP contribution in [0.5, 0.6) is 11.5 Å². The second-order valence-electron chi connectivity index (χ2n) is 14.8. The zero-order valence-corrected chi connectivity index (χ0v) is 30.3. The van der Waals surface area contributed by atoms with E-state index in [0.717, 1.165) is 61.6 Å². The molecule has 3 nitrogen and oxygen atoms in total. The molecule has 0 amide bonds. The van der Waals surface area contributed by atoms with Crippen molar-refractivity contribution in [1.29, 1.82) is 0 Å². The second-order valence-corrected chi connectivity index (χ2v) is 14.8. The van der Waals surface area contributed by atoms with E-state index in [-0.39, 0.29) is 0 Å². The molecule has 0 fully saturated rings. The summed E-state index contributed by atoms with van der Waals surface area (Å²) in [4.78, 5) is 2.41. The lowest BCUT2D eigenvalue weighted by atomic mass is 9.66. The number of fused-ring (bicyclic) bond motifs is 13. The van der Waals surface area contributed by atoms with Gasteiger partial charge in [0, 0.05) is 27.9 Å². The first-order valence-electron chi connectivity index (χ1n) is 19.2. The van der Waals surface area contributed by atoms with E-state index in [1.807, 2.05) is 6.07 Å². The van der Waals surface area contributed by atoms with Crippen LogP contribution in [0.4, 0.5) is 17.1 Å². The van der Waals surface area contributed by atoms with Crippen molar-refractivity contribution in [1.82, 2.24) is 0 Å². The average molecular weight is 716 g/mol. The monoisotopic (exact) mass is 715 g/mol. The van der Waals surface area contributed by atoms with E-state index in [0.29, 0.717) is 0 Å². The van der Waals surface area contributed by atoms with Gasteiger partial charge in [0.05, 0.1) is 16.5 Å². The van der Waals surface area contributed by atoms with Gasteiger partial charge in [0.25, 0.3) is 0 Å². The standard InChI is InChI=1S/C53H33NO2/c1-2-13-34(14-3-1)35-25-27-38(28-26-35)54(47-20-12-24-51-52(47)41-17-6-9-21-48(41)55-51)39-29-30-40-42-31-36-15-4-5-16-37(36)32-45(42)53(46(40)33-39)43-18-7-10-22-49(43)56-50-23-11-8-19-44(50)53/h1-33H. The lowest BCUT2D eigenvalue weighted by Crippen LogP contribution is -2.32. The van der Waals surface area contributed by atoms with Crippen molar-refractivity contribution in [3.8, 4) is 33.8 Å². The molecular weight excluding hydrogens is 683 g/mol. The largest absolute Gasteiger partial charge is 0.457 e. The van der Waals surface area contributed by atoms with Crippen LogP contribution in [0.1, 0.15) is 22.3 Å². The van der Waals surface area contributed by atoms with Gasteiger partial charge in [-0.2, -0.15) is 0 Å². The van der Waals surface area contributed by atoms with E-state index in [1.54, 1.807) is 0 Å². The number of hydrogen-bond acceptors (Lipinski definition) is 3. The summed E-state index contributed by atoms with van der Waals surface area (Å²) < 4.78 is 13.2. The maximum atomic E-state index is 6.71. The zero-order valence-electron chi connectivity index (χ0n) is 30.3. The van der Waals surface area contributed by atoms with Gasteiger partial charge in [-0.15, -0.1) is 0 Å². The summed E-state index contributed by atoms with van der Waals surface area (Å²) in [5.74, 6) is 1.76. The fourth-order valence-corrected chi connectivity index (χ4v) is 9.51. The molecule has 9 aromatic carbocycles. The molecule has 1 aromatic heterocycles. The topological polar surface area (TPSA) is 25.6 Å². The number of ether oxygens (including phenoxy) is 1. The number of anilines is 3. The molecule has 1 aliphatic carbocycles. The molecule has 2 heterocycles. The van der Waals surface area contributed by atoms with Crippen LogP contribution in [-0.2, 0) is 5.41 Å². The molecular formula is C53H33NO2. The molecule has 1 aliphatic heterocycles. The van der Waals surface area contributed by atoms with Crippen molar-refractivity contribution in [2.24, 2.45) is 0 Å². The first-order valence-corrected chi connectivity index (χ1v) is 19.2. The van der Waals surface area contributed by atoms with Crippen LogP contribution in [0, 0.1) is 0 Å². The van der Waals surface area contributed by atoms with Crippen LogP contribution in [0.25, 0.3) is 55.0 Å². The van der Waals surface area contributed by atoms with Crippen LogP contribution >= 0.6 is 0 Å². The Balaban J connectivity index is 1.16. The molecule has 0 radical (unpaired) electrons. The van der Waals surface area contributed by atoms with E-state index in [9.17, 15) is 0 Å². The molecule has 0 atom stereocenters. The van der Waals surface area contributed by atoms with E-state index in [1.165, 1.54) is 44.2 Å². The summed E-state index contributed by atoms with van der Waals surface area (Å²) >= 11 is 0. The normalized spacial score (nSPS) is 13.3. The fraction of sp³-hybridized carbons (Fsp3) is 0.0189. The molecule has 0 bridgehead atoms. The Labute approximate surface area is 324 Å². The summed E-state index contributed by atoms with van der Waals surface area (Å²) in [6, 6.07) is 72.0. The summed E-state index contributed by atoms with van der Waals surface area (Å²) in [5.41, 5.74) is 13.9. The highest BCUT2D eigenvalue weighted by Gasteiger charge is 2.51. The van der Waals surface area contributed by atoms with Gasteiger partial charge in [0.15, 0.2) is 0 Å². The fourth-order valence-electron chi connectivity index (χ4n) is 9.51. The average Bonchev–Trinajstić information content (AvgIpc) is 3.77. The first-order chi connectivity index (χ1) is 27.8. The third-order valence-electron chi connectivity index (χ3n) is 11.9. The zero-order chi connectivity index (χ0) is 36.8. The van der Waals surface area contributed by atoms with Crippen molar-refractivity contribution in [3.63, 3.8) is 0 Å².